The molecule has 0 aromatic heterocycles. The number of ether oxygens (including phenoxy) is 2. The molecule has 1 unspecified atom stereocenters. The Kier molecular flexibility index (Phi) is 3.87. The molecule has 2 aromatic carbocycles. The Balaban J connectivity index is 1.90. The zero-order valence-corrected chi connectivity index (χ0v) is 12.2. The number of rotatable bonds is 4. The molecular formula is C17H17NO4. The van der Waals surface area contributed by atoms with Crippen molar-refractivity contribution in [2.45, 2.75) is 12.5 Å². The van der Waals surface area contributed by atoms with Gasteiger partial charge in [0.25, 0.3) is 0 Å². The summed E-state index contributed by atoms with van der Waals surface area (Å²) in [5.41, 5.74) is 2.10. The molecule has 2 N–H and O–H groups in total. The largest absolute Gasteiger partial charge is 0.495 e. The van der Waals surface area contributed by atoms with Crippen molar-refractivity contribution >= 4 is 11.7 Å². The summed E-state index contributed by atoms with van der Waals surface area (Å²) in [5.74, 6) is 0.447. The van der Waals surface area contributed by atoms with E-state index in [1.165, 1.54) is 0 Å². The second kappa shape index (κ2) is 5.97. The van der Waals surface area contributed by atoms with E-state index in [4.69, 9.17) is 14.6 Å². The number of para-hydroxylation sites is 2. The fourth-order valence-electron chi connectivity index (χ4n) is 2.62. The lowest BCUT2D eigenvalue weighted by Crippen LogP contribution is -2.21. The molecule has 22 heavy (non-hydrogen) atoms. The zero-order chi connectivity index (χ0) is 15.5. The number of carboxylic acids is 1. The van der Waals surface area contributed by atoms with Gasteiger partial charge < -0.3 is 19.9 Å². The van der Waals surface area contributed by atoms with Gasteiger partial charge in [-0.2, -0.15) is 0 Å². The highest BCUT2D eigenvalue weighted by Gasteiger charge is 2.23. The molecule has 1 aliphatic rings. The van der Waals surface area contributed by atoms with Crippen LogP contribution < -0.4 is 14.8 Å². The van der Waals surface area contributed by atoms with Crippen LogP contribution in [0, 0.1) is 0 Å². The highest BCUT2D eigenvalue weighted by molar-refractivity contribution is 5.88. The number of benzene rings is 2. The van der Waals surface area contributed by atoms with E-state index in [-0.39, 0.29) is 11.6 Å². The van der Waals surface area contributed by atoms with Gasteiger partial charge in [0.05, 0.1) is 31.0 Å². The summed E-state index contributed by atoms with van der Waals surface area (Å²) in [4.78, 5) is 11.1. The highest BCUT2D eigenvalue weighted by atomic mass is 16.5. The molecule has 3 rings (SSSR count). The van der Waals surface area contributed by atoms with Crippen molar-refractivity contribution in [2.24, 2.45) is 0 Å². The number of hydrogen-bond acceptors (Lipinski definition) is 4. The van der Waals surface area contributed by atoms with Crippen LogP contribution in [0.4, 0.5) is 5.69 Å². The molecule has 114 valence electrons. The second-order valence-corrected chi connectivity index (χ2v) is 5.09. The van der Waals surface area contributed by atoms with Crippen LogP contribution in [0.3, 0.4) is 0 Å². The number of carbonyl (C=O) groups is 1. The molecule has 5 heteroatoms. The predicted octanol–water partition coefficient (Wildman–Crippen LogP) is 3.33. The monoisotopic (exact) mass is 299 g/mol. The predicted molar refractivity (Wildman–Crippen MR) is 82.9 cm³/mol. The SMILES string of the molecule is COc1ccccc1NC1CCOc2cc(C(=O)O)ccc21. The first-order valence-electron chi connectivity index (χ1n) is 7.08. The van der Waals surface area contributed by atoms with E-state index >= 15 is 0 Å². The Bertz CT molecular complexity index is 699. The topological polar surface area (TPSA) is 67.8 Å². The maximum atomic E-state index is 11.1. The fourth-order valence-corrected chi connectivity index (χ4v) is 2.62. The smallest absolute Gasteiger partial charge is 0.335 e. The Morgan fingerprint density at radius 2 is 2.14 bits per heavy atom. The summed E-state index contributed by atoms with van der Waals surface area (Å²) in [5, 5.41) is 12.5. The fraction of sp³-hybridized carbons (Fsp3) is 0.235. The van der Waals surface area contributed by atoms with E-state index in [1.807, 2.05) is 30.3 Å². The van der Waals surface area contributed by atoms with Crippen molar-refractivity contribution in [3.63, 3.8) is 0 Å². The molecule has 1 heterocycles. The van der Waals surface area contributed by atoms with Crippen LogP contribution in [0.2, 0.25) is 0 Å². The molecule has 0 bridgehead atoms. The van der Waals surface area contributed by atoms with Crippen LogP contribution in [0.5, 0.6) is 11.5 Å². The second-order valence-electron chi connectivity index (χ2n) is 5.09. The van der Waals surface area contributed by atoms with Crippen LogP contribution in [-0.2, 0) is 0 Å². The summed E-state index contributed by atoms with van der Waals surface area (Å²) in [6.45, 7) is 0.545. The third kappa shape index (κ3) is 2.70. The van der Waals surface area contributed by atoms with Gasteiger partial charge in [0, 0.05) is 12.0 Å². The van der Waals surface area contributed by atoms with Gasteiger partial charge in [-0.1, -0.05) is 18.2 Å². The zero-order valence-electron chi connectivity index (χ0n) is 12.2. The lowest BCUT2D eigenvalue weighted by Gasteiger charge is -2.28. The number of aromatic carboxylic acids is 1. The van der Waals surface area contributed by atoms with Crippen molar-refractivity contribution in [3.05, 3.63) is 53.6 Å². The molecule has 0 saturated carbocycles. The van der Waals surface area contributed by atoms with Crippen molar-refractivity contribution in [1.29, 1.82) is 0 Å². The lowest BCUT2D eigenvalue weighted by molar-refractivity contribution is 0.0696. The number of nitrogens with one attached hydrogen (secondary N) is 1. The van der Waals surface area contributed by atoms with Gasteiger partial charge in [0.15, 0.2) is 0 Å². The van der Waals surface area contributed by atoms with Crippen molar-refractivity contribution in [3.8, 4) is 11.5 Å². The lowest BCUT2D eigenvalue weighted by atomic mass is 9.98. The molecule has 0 fully saturated rings. The maximum Gasteiger partial charge on any atom is 0.335 e. The van der Waals surface area contributed by atoms with E-state index in [0.717, 1.165) is 23.4 Å². The van der Waals surface area contributed by atoms with E-state index < -0.39 is 5.97 Å². The third-order valence-corrected chi connectivity index (χ3v) is 3.74. The van der Waals surface area contributed by atoms with Gasteiger partial charge >= 0.3 is 5.97 Å². The average Bonchev–Trinajstić information content (AvgIpc) is 2.55. The molecular weight excluding hydrogens is 282 g/mol. The Morgan fingerprint density at radius 1 is 1.32 bits per heavy atom. The first kappa shape index (κ1) is 14.3. The van der Waals surface area contributed by atoms with E-state index in [2.05, 4.69) is 5.32 Å². The number of carboxylic acid groups (broad SMARTS) is 1. The minimum absolute atomic E-state index is 0.0582. The van der Waals surface area contributed by atoms with Crippen LogP contribution in [0.1, 0.15) is 28.4 Å². The molecule has 2 aromatic rings. The van der Waals surface area contributed by atoms with E-state index in [9.17, 15) is 4.79 Å². The van der Waals surface area contributed by atoms with Gasteiger partial charge in [-0.3, -0.25) is 0 Å². The van der Waals surface area contributed by atoms with Gasteiger partial charge in [0.2, 0.25) is 0 Å². The minimum atomic E-state index is -0.953. The summed E-state index contributed by atoms with van der Waals surface area (Å²) in [6, 6.07) is 12.8. The molecule has 5 nitrogen and oxygen atoms in total. The summed E-state index contributed by atoms with van der Waals surface area (Å²) >= 11 is 0. The van der Waals surface area contributed by atoms with Crippen molar-refractivity contribution < 1.29 is 19.4 Å². The minimum Gasteiger partial charge on any atom is -0.495 e. The molecule has 0 saturated heterocycles. The van der Waals surface area contributed by atoms with E-state index in [1.54, 1.807) is 19.2 Å². The molecule has 0 aliphatic carbocycles. The van der Waals surface area contributed by atoms with Crippen molar-refractivity contribution in [2.75, 3.05) is 19.0 Å². The first-order chi connectivity index (χ1) is 10.7. The number of fused-ring (bicyclic) bond motifs is 1. The third-order valence-electron chi connectivity index (χ3n) is 3.74. The number of methoxy groups -OCH3 is 1. The Labute approximate surface area is 128 Å². The van der Waals surface area contributed by atoms with E-state index in [0.29, 0.717) is 12.4 Å². The summed E-state index contributed by atoms with van der Waals surface area (Å²) < 4.78 is 11.0. The quantitative estimate of drug-likeness (QED) is 0.906. The molecule has 1 atom stereocenters. The van der Waals surface area contributed by atoms with Crippen LogP contribution >= 0.6 is 0 Å². The summed E-state index contributed by atoms with van der Waals surface area (Å²) in [6.07, 6.45) is 0.803. The van der Waals surface area contributed by atoms with Gasteiger partial charge in [0.1, 0.15) is 11.5 Å². The van der Waals surface area contributed by atoms with Gasteiger partial charge in [-0.05, 0) is 24.3 Å². The number of hydrogen-bond donors (Lipinski definition) is 2. The van der Waals surface area contributed by atoms with Crippen LogP contribution in [-0.4, -0.2) is 24.8 Å². The highest BCUT2D eigenvalue weighted by Crippen LogP contribution is 2.37. The number of anilines is 1. The first-order valence-corrected chi connectivity index (χ1v) is 7.08. The Hall–Kier alpha value is -2.69. The molecule has 0 amide bonds. The summed E-state index contributed by atoms with van der Waals surface area (Å²) in [7, 11) is 1.64. The molecule has 0 spiro atoms. The van der Waals surface area contributed by atoms with Crippen LogP contribution in [0.15, 0.2) is 42.5 Å². The Morgan fingerprint density at radius 3 is 2.91 bits per heavy atom. The molecule has 1 aliphatic heterocycles. The van der Waals surface area contributed by atoms with Crippen molar-refractivity contribution in [1.82, 2.24) is 0 Å². The van der Waals surface area contributed by atoms with Gasteiger partial charge in [-0.15, -0.1) is 0 Å². The normalized spacial score (nSPS) is 16.3. The van der Waals surface area contributed by atoms with Crippen LogP contribution in [0.25, 0.3) is 0 Å². The molecule has 0 radical (unpaired) electrons. The average molecular weight is 299 g/mol. The van der Waals surface area contributed by atoms with Gasteiger partial charge in [-0.25, -0.2) is 4.79 Å². The maximum absolute atomic E-state index is 11.1. The standard InChI is InChI=1S/C17H17NO4/c1-21-15-5-3-2-4-14(15)18-13-8-9-22-16-10-11(17(19)20)6-7-12(13)16/h2-7,10,13,18H,8-9H2,1H3,(H,19,20).